The second-order valence-electron chi connectivity index (χ2n) is 8.54. The third-order valence-electron chi connectivity index (χ3n) is 6.30. The Balaban J connectivity index is 1.60. The van der Waals surface area contributed by atoms with Crippen LogP contribution in [-0.4, -0.2) is 54.1 Å². The lowest BCUT2D eigenvalue weighted by Gasteiger charge is -2.31. The van der Waals surface area contributed by atoms with Crippen LogP contribution in [0.1, 0.15) is 36.2 Å². The molecule has 3 heterocycles. The van der Waals surface area contributed by atoms with E-state index >= 15 is 4.39 Å². The van der Waals surface area contributed by atoms with Gasteiger partial charge in [-0.3, -0.25) is 4.79 Å². The normalized spacial score (nSPS) is 25.6. The maximum Gasteiger partial charge on any atom is 0.341 e. The number of benzene rings is 1. The molecule has 160 valence electrons. The number of nitrogens with zero attached hydrogens (tertiary/aromatic N) is 2. The fourth-order valence-corrected chi connectivity index (χ4v) is 4.47. The van der Waals surface area contributed by atoms with Crippen molar-refractivity contribution in [2.45, 2.75) is 38.0 Å². The molecule has 1 saturated heterocycles. The molecule has 0 bridgehead atoms. The molecule has 0 unspecified atom stereocenters. The third kappa shape index (κ3) is 3.03. The minimum atomic E-state index is -1.36. The first kappa shape index (κ1) is 19.3. The van der Waals surface area contributed by atoms with E-state index in [1.165, 1.54) is 6.20 Å². The number of hydrogen-bond donors (Lipinski definition) is 2. The Morgan fingerprint density at radius 2 is 2.13 bits per heavy atom. The molecule has 3 aliphatic rings. The molecule has 2 aromatic rings. The Labute approximate surface area is 171 Å². The van der Waals surface area contributed by atoms with Crippen LogP contribution in [0.25, 0.3) is 10.9 Å². The van der Waals surface area contributed by atoms with E-state index in [0.717, 1.165) is 18.9 Å². The standard InChI is InChI=1S/C21H23F2N3O4/c1-10-9-30-20-17-13(19(27)14(21(28)29)7-26(10)17)4-15(22)18(20)25-6-11(16(23)8-25)5-24-12-2-3-12/h4,7,10-12,16,24H,2-3,5-6,8-9H2,1H3,(H,28,29)/t10-,11-,16-/m0/s1. The first-order chi connectivity index (χ1) is 14.3. The van der Waals surface area contributed by atoms with E-state index in [-0.39, 0.29) is 41.9 Å². The van der Waals surface area contributed by atoms with Crippen LogP contribution < -0.4 is 20.4 Å². The lowest BCUT2D eigenvalue weighted by Crippen LogP contribution is -2.31. The predicted molar refractivity (Wildman–Crippen MR) is 107 cm³/mol. The summed E-state index contributed by atoms with van der Waals surface area (Å²) in [4.78, 5) is 25.8. The van der Waals surface area contributed by atoms with Gasteiger partial charge in [0.25, 0.3) is 0 Å². The molecule has 2 aliphatic heterocycles. The number of carboxylic acids is 1. The van der Waals surface area contributed by atoms with Crippen molar-refractivity contribution >= 4 is 22.6 Å². The number of aromatic nitrogens is 1. The van der Waals surface area contributed by atoms with Crippen LogP contribution in [0.15, 0.2) is 17.1 Å². The first-order valence-corrected chi connectivity index (χ1v) is 10.2. The Kier molecular flexibility index (Phi) is 4.46. The monoisotopic (exact) mass is 419 g/mol. The average molecular weight is 419 g/mol. The van der Waals surface area contributed by atoms with Crippen LogP contribution in [0.4, 0.5) is 14.5 Å². The Bertz CT molecular complexity index is 1100. The van der Waals surface area contributed by atoms with Gasteiger partial charge in [0.1, 0.15) is 24.0 Å². The fraction of sp³-hybridized carbons (Fsp3) is 0.524. The van der Waals surface area contributed by atoms with E-state index in [1.807, 2.05) is 6.92 Å². The molecule has 9 heteroatoms. The Morgan fingerprint density at radius 1 is 1.37 bits per heavy atom. The number of ether oxygens (including phenoxy) is 1. The van der Waals surface area contributed by atoms with E-state index in [0.29, 0.717) is 24.6 Å². The van der Waals surface area contributed by atoms with Crippen LogP contribution in [0.5, 0.6) is 5.75 Å². The summed E-state index contributed by atoms with van der Waals surface area (Å²) in [6, 6.07) is 1.29. The zero-order valence-corrected chi connectivity index (χ0v) is 16.5. The molecule has 0 radical (unpaired) electrons. The predicted octanol–water partition coefficient (Wildman–Crippen LogP) is 2.32. The van der Waals surface area contributed by atoms with Crippen LogP contribution in [0.3, 0.4) is 0 Å². The highest BCUT2D eigenvalue weighted by Crippen LogP contribution is 2.43. The number of rotatable bonds is 5. The molecule has 1 saturated carbocycles. The third-order valence-corrected chi connectivity index (χ3v) is 6.30. The van der Waals surface area contributed by atoms with Crippen molar-refractivity contribution in [2.75, 3.05) is 31.1 Å². The number of alkyl halides is 1. The molecule has 1 aromatic carbocycles. The SMILES string of the molecule is C[C@H]1COc2c(N3C[C@H](CNC4CC4)[C@@H](F)C3)c(F)cc3c(=O)c(C(=O)O)cn1c23. The Morgan fingerprint density at radius 3 is 2.83 bits per heavy atom. The summed E-state index contributed by atoms with van der Waals surface area (Å²) in [6.45, 7) is 2.95. The van der Waals surface area contributed by atoms with E-state index < -0.39 is 29.0 Å². The van der Waals surface area contributed by atoms with Crippen molar-refractivity contribution in [2.24, 2.45) is 5.92 Å². The van der Waals surface area contributed by atoms with Crippen LogP contribution >= 0.6 is 0 Å². The van der Waals surface area contributed by atoms with E-state index in [4.69, 9.17) is 4.74 Å². The first-order valence-electron chi connectivity index (χ1n) is 10.2. The lowest BCUT2D eigenvalue weighted by atomic mass is 10.1. The van der Waals surface area contributed by atoms with Crippen LogP contribution in [0.2, 0.25) is 0 Å². The van der Waals surface area contributed by atoms with E-state index in [2.05, 4.69) is 5.32 Å². The molecule has 2 fully saturated rings. The van der Waals surface area contributed by atoms with Gasteiger partial charge in [-0.15, -0.1) is 0 Å². The fourth-order valence-electron chi connectivity index (χ4n) is 4.47. The summed E-state index contributed by atoms with van der Waals surface area (Å²) in [5.74, 6) is -2.14. The van der Waals surface area contributed by atoms with E-state index in [9.17, 15) is 19.1 Å². The number of carboxylic acid groups (broad SMARTS) is 1. The molecule has 30 heavy (non-hydrogen) atoms. The van der Waals surface area contributed by atoms with Crippen molar-refractivity contribution in [1.82, 2.24) is 9.88 Å². The molecule has 5 rings (SSSR count). The second kappa shape index (κ2) is 6.94. The van der Waals surface area contributed by atoms with Crippen molar-refractivity contribution < 1.29 is 23.4 Å². The molecule has 0 spiro atoms. The number of pyridine rings is 1. The largest absolute Gasteiger partial charge is 0.487 e. The number of hydrogen-bond acceptors (Lipinski definition) is 5. The summed E-state index contributed by atoms with van der Waals surface area (Å²) >= 11 is 0. The van der Waals surface area contributed by atoms with Crippen molar-refractivity contribution in [3.8, 4) is 5.75 Å². The van der Waals surface area contributed by atoms with Gasteiger partial charge in [0.05, 0.1) is 16.9 Å². The smallest absolute Gasteiger partial charge is 0.341 e. The van der Waals surface area contributed by atoms with Gasteiger partial charge in [0.15, 0.2) is 11.6 Å². The quantitative estimate of drug-likeness (QED) is 0.774. The highest BCUT2D eigenvalue weighted by molar-refractivity contribution is 5.97. The molecule has 0 amide bonds. The van der Waals surface area contributed by atoms with Gasteiger partial charge >= 0.3 is 5.97 Å². The zero-order valence-electron chi connectivity index (χ0n) is 16.5. The Hall–Kier alpha value is -2.68. The number of anilines is 1. The maximum absolute atomic E-state index is 15.2. The molecule has 2 N–H and O–H groups in total. The number of halogens is 2. The van der Waals surface area contributed by atoms with E-state index in [1.54, 1.807) is 9.47 Å². The average Bonchev–Trinajstić information content (AvgIpc) is 3.46. The summed E-state index contributed by atoms with van der Waals surface area (Å²) in [6.07, 6.45) is 2.41. The minimum absolute atomic E-state index is 0.0411. The minimum Gasteiger partial charge on any atom is -0.487 e. The number of carbonyl (C=O) groups is 1. The second-order valence-corrected chi connectivity index (χ2v) is 8.54. The molecular formula is C21H23F2N3O4. The van der Waals surface area contributed by atoms with Gasteiger partial charge < -0.3 is 24.6 Å². The van der Waals surface area contributed by atoms with Gasteiger partial charge in [0, 0.05) is 37.8 Å². The number of aromatic carboxylic acids is 1. The van der Waals surface area contributed by atoms with Gasteiger partial charge in [-0.1, -0.05) is 0 Å². The zero-order chi connectivity index (χ0) is 21.2. The van der Waals surface area contributed by atoms with Gasteiger partial charge in [-0.05, 0) is 25.8 Å². The van der Waals surface area contributed by atoms with Gasteiger partial charge in [-0.25, -0.2) is 13.6 Å². The van der Waals surface area contributed by atoms with Gasteiger partial charge in [0.2, 0.25) is 5.43 Å². The van der Waals surface area contributed by atoms with Gasteiger partial charge in [-0.2, -0.15) is 0 Å². The topological polar surface area (TPSA) is 83.8 Å². The summed E-state index contributed by atoms with van der Waals surface area (Å²) in [5, 5.41) is 12.7. The summed E-state index contributed by atoms with van der Waals surface area (Å²) in [7, 11) is 0. The summed E-state index contributed by atoms with van der Waals surface area (Å²) < 4.78 is 37.4. The van der Waals surface area contributed by atoms with Crippen LogP contribution in [0, 0.1) is 11.7 Å². The molecule has 1 aromatic heterocycles. The molecular weight excluding hydrogens is 396 g/mol. The summed E-state index contributed by atoms with van der Waals surface area (Å²) in [5.41, 5.74) is -0.669. The highest BCUT2D eigenvalue weighted by Gasteiger charge is 2.38. The lowest BCUT2D eigenvalue weighted by molar-refractivity contribution is 0.0694. The maximum atomic E-state index is 15.2. The van der Waals surface area contributed by atoms with Crippen molar-refractivity contribution in [3.63, 3.8) is 0 Å². The molecule has 3 atom stereocenters. The van der Waals surface area contributed by atoms with Crippen molar-refractivity contribution in [3.05, 3.63) is 33.9 Å². The van der Waals surface area contributed by atoms with Crippen LogP contribution in [-0.2, 0) is 0 Å². The molecule has 7 nitrogen and oxygen atoms in total. The number of nitrogens with one attached hydrogen (secondary N) is 1. The highest BCUT2D eigenvalue weighted by atomic mass is 19.1. The van der Waals surface area contributed by atoms with Crippen molar-refractivity contribution in [1.29, 1.82) is 0 Å². The molecule has 1 aliphatic carbocycles.